The summed E-state index contributed by atoms with van der Waals surface area (Å²) >= 11 is 0. The van der Waals surface area contributed by atoms with Gasteiger partial charge in [0.05, 0.1) is 19.2 Å². The Kier molecular flexibility index (Phi) is 5.11. The highest BCUT2D eigenvalue weighted by molar-refractivity contribution is 5.87. The van der Waals surface area contributed by atoms with Crippen molar-refractivity contribution in [2.45, 2.75) is 12.6 Å². The van der Waals surface area contributed by atoms with Gasteiger partial charge in [0, 0.05) is 11.8 Å². The van der Waals surface area contributed by atoms with Crippen LogP contribution in [0.1, 0.15) is 5.69 Å². The van der Waals surface area contributed by atoms with Gasteiger partial charge >= 0.3 is 6.18 Å². The van der Waals surface area contributed by atoms with Crippen molar-refractivity contribution in [1.29, 1.82) is 0 Å². The first kappa shape index (κ1) is 18.4. The van der Waals surface area contributed by atoms with Crippen molar-refractivity contribution in [3.63, 3.8) is 0 Å². The fraction of sp³-hybridized carbons (Fsp3) is 0.167. The molecule has 1 aromatic carbocycles. The maximum absolute atomic E-state index is 12.7. The van der Waals surface area contributed by atoms with Gasteiger partial charge in [0.1, 0.15) is 17.1 Å². The summed E-state index contributed by atoms with van der Waals surface area (Å²) in [5.74, 6) is -1.31. The number of hydrogen-bond donors (Lipinski definition) is 0. The zero-order chi connectivity index (χ0) is 19.4. The number of benzene rings is 1. The largest absolute Gasteiger partial charge is 0.497 e. The second-order valence-corrected chi connectivity index (χ2v) is 5.47. The Morgan fingerprint density at radius 1 is 1.07 bits per heavy atom. The molecule has 2 aromatic heterocycles. The van der Waals surface area contributed by atoms with Crippen LogP contribution in [0.25, 0.3) is 22.8 Å². The zero-order valence-electron chi connectivity index (χ0n) is 14.1. The molecule has 0 spiro atoms. The molecule has 0 saturated carbocycles. The van der Waals surface area contributed by atoms with E-state index >= 15 is 0 Å². The summed E-state index contributed by atoms with van der Waals surface area (Å²) in [5, 5.41) is 7.95. The lowest BCUT2D eigenvalue weighted by atomic mass is 10.1. The van der Waals surface area contributed by atoms with Crippen molar-refractivity contribution >= 4 is 5.78 Å². The van der Waals surface area contributed by atoms with Crippen LogP contribution in [0.3, 0.4) is 0 Å². The first-order valence-electron chi connectivity index (χ1n) is 7.78. The van der Waals surface area contributed by atoms with Crippen LogP contribution >= 0.6 is 0 Å². The smallest absolute Gasteiger partial charge is 0.450 e. The molecule has 0 radical (unpaired) electrons. The third kappa shape index (κ3) is 4.25. The molecule has 0 amide bonds. The van der Waals surface area contributed by atoms with Crippen molar-refractivity contribution < 1.29 is 22.7 Å². The number of nitrogens with zero attached hydrogens (tertiary/aromatic N) is 4. The molecule has 3 rings (SSSR count). The van der Waals surface area contributed by atoms with Crippen molar-refractivity contribution in [3.8, 4) is 28.5 Å². The molecule has 0 bridgehead atoms. The highest BCUT2D eigenvalue weighted by atomic mass is 19.4. The Balaban J connectivity index is 2.07. The minimum absolute atomic E-state index is 0.0397. The second-order valence-electron chi connectivity index (χ2n) is 5.47. The van der Waals surface area contributed by atoms with Gasteiger partial charge in [-0.3, -0.25) is 9.78 Å². The fourth-order valence-electron chi connectivity index (χ4n) is 2.31. The Bertz CT molecular complexity index is 945. The third-order valence-electron chi connectivity index (χ3n) is 3.66. The lowest BCUT2D eigenvalue weighted by molar-refractivity contribution is -0.170. The predicted molar refractivity (Wildman–Crippen MR) is 89.8 cm³/mol. The molecule has 0 atom stereocenters. The maximum atomic E-state index is 12.7. The SMILES string of the molecule is COc1ccc(-c2nnc(-c3ccccn3)nc2CC(=O)C(F)(F)F)cc1. The van der Waals surface area contributed by atoms with Gasteiger partial charge in [-0.05, 0) is 36.4 Å². The number of alkyl halides is 3. The molecule has 27 heavy (non-hydrogen) atoms. The van der Waals surface area contributed by atoms with E-state index in [1.54, 1.807) is 42.5 Å². The fourth-order valence-corrected chi connectivity index (χ4v) is 2.31. The average molecular weight is 374 g/mol. The Labute approximate surface area is 152 Å². The summed E-state index contributed by atoms with van der Waals surface area (Å²) < 4.78 is 43.3. The molecule has 0 unspecified atom stereocenters. The molecule has 0 fully saturated rings. The predicted octanol–water partition coefficient (Wildman–Crippen LogP) is 3.28. The molecule has 0 N–H and O–H groups in total. The van der Waals surface area contributed by atoms with Gasteiger partial charge in [0.25, 0.3) is 0 Å². The van der Waals surface area contributed by atoms with E-state index < -0.39 is 18.4 Å². The van der Waals surface area contributed by atoms with E-state index in [1.165, 1.54) is 13.3 Å². The molecule has 2 heterocycles. The third-order valence-corrected chi connectivity index (χ3v) is 3.66. The van der Waals surface area contributed by atoms with E-state index in [-0.39, 0.29) is 17.2 Å². The van der Waals surface area contributed by atoms with Gasteiger partial charge in [0.15, 0.2) is 0 Å². The van der Waals surface area contributed by atoms with Crippen LogP contribution in [-0.2, 0) is 11.2 Å². The lowest BCUT2D eigenvalue weighted by Gasteiger charge is -2.10. The number of Topliss-reactive ketones (excluding diaryl/α,β-unsaturated/α-hetero) is 1. The summed E-state index contributed by atoms with van der Waals surface area (Å²) in [6.07, 6.45) is -4.41. The number of ether oxygens (including phenoxy) is 1. The van der Waals surface area contributed by atoms with Crippen LogP contribution in [0.15, 0.2) is 48.7 Å². The van der Waals surface area contributed by atoms with E-state index in [0.29, 0.717) is 17.0 Å². The van der Waals surface area contributed by atoms with Gasteiger partial charge < -0.3 is 4.74 Å². The van der Waals surface area contributed by atoms with Gasteiger partial charge in [-0.25, -0.2) is 4.98 Å². The molecule has 0 saturated heterocycles. The van der Waals surface area contributed by atoms with Crippen LogP contribution < -0.4 is 4.74 Å². The summed E-state index contributed by atoms with van der Waals surface area (Å²) in [6.45, 7) is 0. The van der Waals surface area contributed by atoms with E-state index in [4.69, 9.17) is 4.74 Å². The molecule has 138 valence electrons. The van der Waals surface area contributed by atoms with Gasteiger partial charge in [-0.2, -0.15) is 13.2 Å². The molecule has 6 nitrogen and oxygen atoms in total. The Hall–Kier alpha value is -3.36. The molecule has 3 aromatic rings. The van der Waals surface area contributed by atoms with Crippen LogP contribution in [0.2, 0.25) is 0 Å². The maximum Gasteiger partial charge on any atom is 0.450 e. The summed E-state index contributed by atoms with van der Waals surface area (Å²) in [5.41, 5.74) is 0.772. The van der Waals surface area contributed by atoms with Crippen LogP contribution in [0.4, 0.5) is 13.2 Å². The summed E-state index contributed by atoms with van der Waals surface area (Å²) in [7, 11) is 1.49. The topological polar surface area (TPSA) is 77.9 Å². The second kappa shape index (κ2) is 7.48. The lowest BCUT2D eigenvalue weighted by Crippen LogP contribution is -2.25. The number of halogens is 3. The number of pyridine rings is 1. The van der Waals surface area contributed by atoms with Crippen LogP contribution in [-0.4, -0.2) is 39.2 Å². The number of ketones is 1. The minimum Gasteiger partial charge on any atom is -0.497 e. The number of aromatic nitrogens is 4. The van der Waals surface area contributed by atoms with E-state index in [9.17, 15) is 18.0 Å². The normalized spacial score (nSPS) is 11.3. The monoisotopic (exact) mass is 374 g/mol. The molecular weight excluding hydrogens is 361 g/mol. The average Bonchev–Trinajstić information content (AvgIpc) is 2.68. The Morgan fingerprint density at radius 3 is 2.41 bits per heavy atom. The molecule has 0 aliphatic carbocycles. The van der Waals surface area contributed by atoms with Crippen molar-refractivity contribution in [2.24, 2.45) is 0 Å². The highest BCUT2D eigenvalue weighted by Crippen LogP contribution is 2.26. The number of carbonyl (C=O) groups is 1. The number of hydrogen-bond acceptors (Lipinski definition) is 6. The molecular formula is C18H13F3N4O2. The van der Waals surface area contributed by atoms with E-state index in [2.05, 4.69) is 20.2 Å². The minimum atomic E-state index is -4.96. The van der Waals surface area contributed by atoms with Gasteiger partial charge in [0.2, 0.25) is 11.6 Å². The van der Waals surface area contributed by atoms with Crippen molar-refractivity contribution in [1.82, 2.24) is 20.2 Å². The molecule has 9 heteroatoms. The summed E-state index contributed by atoms with van der Waals surface area (Å²) in [4.78, 5) is 19.7. The van der Waals surface area contributed by atoms with Crippen LogP contribution in [0.5, 0.6) is 5.75 Å². The first-order chi connectivity index (χ1) is 12.9. The molecule has 0 aliphatic rings. The van der Waals surface area contributed by atoms with Gasteiger partial charge in [-0.1, -0.05) is 6.07 Å². The molecule has 0 aliphatic heterocycles. The van der Waals surface area contributed by atoms with Gasteiger partial charge in [-0.15, -0.1) is 10.2 Å². The van der Waals surface area contributed by atoms with Crippen LogP contribution in [0, 0.1) is 0 Å². The van der Waals surface area contributed by atoms with E-state index in [0.717, 1.165) is 0 Å². The van der Waals surface area contributed by atoms with E-state index in [1.807, 2.05) is 0 Å². The highest BCUT2D eigenvalue weighted by Gasteiger charge is 2.38. The van der Waals surface area contributed by atoms with Crippen molar-refractivity contribution in [2.75, 3.05) is 7.11 Å². The number of methoxy groups -OCH3 is 1. The standard InChI is InChI=1S/C18H13F3N4O2/c1-27-12-7-5-11(6-8-12)16-14(10-15(26)18(19,20)21)23-17(25-24-16)13-4-2-3-9-22-13/h2-9H,10H2,1H3. The Morgan fingerprint density at radius 2 is 1.81 bits per heavy atom. The number of carbonyl (C=O) groups excluding carboxylic acids is 1. The number of rotatable bonds is 5. The summed E-state index contributed by atoms with van der Waals surface area (Å²) in [6, 6.07) is 11.4. The zero-order valence-corrected chi connectivity index (χ0v) is 14.1. The van der Waals surface area contributed by atoms with Crippen molar-refractivity contribution in [3.05, 3.63) is 54.4 Å². The first-order valence-corrected chi connectivity index (χ1v) is 7.78. The quantitative estimate of drug-likeness (QED) is 0.682.